The molecule has 1 aliphatic heterocycles. The third kappa shape index (κ3) is 3.49. The average Bonchev–Trinajstić information content (AvgIpc) is 2.97. The Labute approximate surface area is 150 Å². The number of alkyl halides is 3. The van der Waals surface area contributed by atoms with Crippen LogP contribution in [0.15, 0.2) is 53.4 Å². The first-order valence-corrected chi connectivity index (χ1v) is 9.53. The quantitative estimate of drug-likeness (QED) is 0.884. The second-order valence-corrected chi connectivity index (χ2v) is 8.39. The third-order valence-electron chi connectivity index (χ3n) is 4.69. The van der Waals surface area contributed by atoms with Crippen molar-refractivity contribution in [3.8, 4) is 0 Å². The van der Waals surface area contributed by atoms with Gasteiger partial charge in [0.2, 0.25) is 10.0 Å². The van der Waals surface area contributed by atoms with Gasteiger partial charge in [0.05, 0.1) is 10.5 Å². The van der Waals surface area contributed by atoms with E-state index in [2.05, 4.69) is 0 Å². The number of halogens is 3. The molecule has 26 heavy (non-hydrogen) atoms. The van der Waals surface area contributed by atoms with Gasteiger partial charge in [-0.1, -0.05) is 36.4 Å². The highest BCUT2D eigenvalue weighted by molar-refractivity contribution is 7.89. The van der Waals surface area contributed by atoms with Crippen molar-refractivity contribution in [3.05, 3.63) is 65.2 Å². The molecule has 0 spiro atoms. The maximum Gasteiger partial charge on any atom is 0.416 e. The van der Waals surface area contributed by atoms with E-state index in [1.807, 2.05) is 30.3 Å². The zero-order chi connectivity index (χ0) is 19.1. The van der Waals surface area contributed by atoms with Crippen molar-refractivity contribution in [2.24, 2.45) is 5.73 Å². The lowest BCUT2D eigenvalue weighted by Crippen LogP contribution is -2.32. The van der Waals surface area contributed by atoms with Crippen LogP contribution in [0.3, 0.4) is 0 Å². The monoisotopic (exact) mass is 384 g/mol. The smallest absolute Gasteiger partial charge is 0.326 e. The topological polar surface area (TPSA) is 63.4 Å². The van der Waals surface area contributed by atoms with Gasteiger partial charge in [0, 0.05) is 25.0 Å². The van der Waals surface area contributed by atoms with Gasteiger partial charge >= 0.3 is 6.18 Å². The number of benzene rings is 2. The largest absolute Gasteiger partial charge is 0.416 e. The minimum Gasteiger partial charge on any atom is -0.326 e. The Morgan fingerprint density at radius 3 is 2.35 bits per heavy atom. The molecule has 3 rings (SSSR count). The normalized spacial score (nSPS) is 21.9. The molecule has 1 aliphatic rings. The van der Waals surface area contributed by atoms with Crippen molar-refractivity contribution in [1.82, 2.24) is 4.31 Å². The van der Waals surface area contributed by atoms with Crippen LogP contribution in [-0.2, 0) is 16.2 Å². The molecule has 140 valence electrons. The van der Waals surface area contributed by atoms with Crippen LogP contribution in [0, 0.1) is 6.92 Å². The summed E-state index contributed by atoms with van der Waals surface area (Å²) in [6.07, 6.45) is -4.61. The lowest BCUT2D eigenvalue weighted by atomic mass is 9.95. The Hall–Kier alpha value is -1.90. The molecule has 2 aromatic rings. The van der Waals surface area contributed by atoms with E-state index in [0.29, 0.717) is 6.07 Å². The Morgan fingerprint density at radius 2 is 1.73 bits per heavy atom. The van der Waals surface area contributed by atoms with E-state index in [1.54, 1.807) is 0 Å². The standard InChI is InChI=1S/C18H19F3N2O2S/c1-12-7-8-14(18(19,20)21)9-17(12)26(24,25)23-10-15(16(22)11-23)13-5-3-2-4-6-13/h2-9,15-16H,10-11,22H2,1H3/t15-,16+/m0/s1. The van der Waals surface area contributed by atoms with E-state index in [-0.39, 0.29) is 29.5 Å². The number of hydrogen-bond donors (Lipinski definition) is 1. The molecule has 0 saturated carbocycles. The Morgan fingerprint density at radius 1 is 1.08 bits per heavy atom. The highest BCUT2D eigenvalue weighted by atomic mass is 32.2. The molecule has 2 N–H and O–H groups in total. The van der Waals surface area contributed by atoms with Gasteiger partial charge in [0.15, 0.2) is 0 Å². The van der Waals surface area contributed by atoms with Gasteiger partial charge in [-0.25, -0.2) is 8.42 Å². The number of nitrogens with two attached hydrogens (primary N) is 1. The molecule has 2 atom stereocenters. The van der Waals surface area contributed by atoms with Gasteiger partial charge < -0.3 is 5.73 Å². The summed E-state index contributed by atoms with van der Waals surface area (Å²) in [5, 5.41) is 0. The molecule has 0 aliphatic carbocycles. The van der Waals surface area contributed by atoms with Gasteiger partial charge in [-0.05, 0) is 30.2 Å². The lowest BCUT2D eigenvalue weighted by molar-refractivity contribution is -0.137. The van der Waals surface area contributed by atoms with Crippen molar-refractivity contribution in [2.75, 3.05) is 13.1 Å². The first-order valence-electron chi connectivity index (χ1n) is 8.09. The molecule has 4 nitrogen and oxygen atoms in total. The van der Waals surface area contributed by atoms with Crippen LogP contribution in [0.4, 0.5) is 13.2 Å². The van der Waals surface area contributed by atoms with Gasteiger partial charge in [-0.3, -0.25) is 0 Å². The molecular weight excluding hydrogens is 365 g/mol. The molecule has 2 aromatic carbocycles. The Balaban J connectivity index is 1.95. The van der Waals surface area contributed by atoms with Crippen molar-refractivity contribution in [3.63, 3.8) is 0 Å². The highest BCUT2D eigenvalue weighted by Gasteiger charge is 2.40. The van der Waals surface area contributed by atoms with Crippen LogP contribution < -0.4 is 5.73 Å². The van der Waals surface area contributed by atoms with Crippen LogP contribution in [0.5, 0.6) is 0 Å². The van der Waals surface area contributed by atoms with E-state index in [4.69, 9.17) is 5.73 Å². The number of nitrogens with zero attached hydrogens (tertiary/aromatic N) is 1. The molecule has 0 aromatic heterocycles. The van der Waals surface area contributed by atoms with Crippen molar-refractivity contribution < 1.29 is 21.6 Å². The fraction of sp³-hybridized carbons (Fsp3) is 0.333. The SMILES string of the molecule is Cc1ccc(C(F)(F)F)cc1S(=O)(=O)N1C[C@@H](N)[C@H](c2ccccc2)C1. The molecule has 0 amide bonds. The molecule has 0 bridgehead atoms. The summed E-state index contributed by atoms with van der Waals surface area (Å²) >= 11 is 0. The summed E-state index contributed by atoms with van der Waals surface area (Å²) in [4.78, 5) is -0.326. The van der Waals surface area contributed by atoms with Gasteiger partial charge in [-0.15, -0.1) is 0 Å². The van der Waals surface area contributed by atoms with Crippen LogP contribution in [0.25, 0.3) is 0 Å². The van der Waals surface area contributed by atoms with Crippen LogP contribution in [-0.4, -0.2) is 31.9 Å². The molecular formula is C18H19F3N2O2S. The number of rotatable bonds is 3. The summed E-state index contributed by atoms with van der Waals surface area (Å²) in [5.74, 6) is -0.197. The third-order valence-corrected chi connectivity index (χ3v) is 6.67. The summed E-state index contributed by atoms with van der Waals surface area (Å²) in [6, 6.07) is 11.6. The van der Waals surface area contributed by atoms with Crippen LogP contribution in [0.2, 0.25) is 0 Å². The summed E-state index contributed by atoms with van der Waals surface area (Å²) in [5.41, 5.74) is 6.33. The minimum atomic E-state index is -4.61. The first kappa shape index (κ1) is 18.9. The van der Waals surface area contributed by atoms with Crippen LogP contribution >= 0.6 is 0 Å². The lowest BCUT2D eigenvalue weighted by Gasteiger charge is -2.19. The maximum atomic E-state index is 13.0. The molecule has 1 saturated heterocycles. The molecule has 8 heteroatoms. The zero-order valence-corrected chi connectivity index (χ0v) is 14.9. The molecule has 0 unspecified atom stereocenters. The number of hydrogen-bond acceptors (Lipinski definition) is 3. The predicted molar refractivity (Wildman–Crippen MR) is 92.1 cm³/mol. The fourth-order valence-electron chi connectivity index (χ4n) is 3.23. The van der Waals surface area contributed by atoms with E-state index in [1.165, 1.54) is 17.3 Å². The number of aryl methyl sites for hydroxylation is 1. The van der Waals surface area contributed by atoms with Crippen LogP contribution in [0.1, 0.15) is 22.6 Å². The van der Waals surface area contributed by atoms with Crippen molar-refractivity contribution >= 4 is 10.0 Å². The predicted octanol–water partition coefficient (Wildman–Crippen LogP) is 3.13. The summed E-state index contributed by atoms with van der Waals surface area (Å²) in [6.45, 7) is 1.69. The molecule has 1 heterocycles. The summed E-state index contributed by atoms with van der Waals surface area (Å²) < 4.78 is 66.0. The Kier molecular flexibility index (Phi) is 4.85. The average molecular weight is 384 g/mol. The fourth-order valence-corrected chi connectivity index (χ4v) is 4.99. The Bertz CT molecular complexity index is 898. The van der Waals surface area contributed by atoms with Crippen molar-refractivity contribution in [2.45, 2.75) is 30.0 Å². The minimum absolute atomic E-state index is 0.0670. The second-order valence-electron chi connectivity index (χ2n) is 6.48. The van der Waals surface area contributed by atoms with E-state index >= 15 is 0 Å². The van der Waals surface area contributed by atoms with Gasteiger partial charge in [-0.2, -0.15) is 17.5 Å². The number of sulfonamides is 1. The van der Waals surface area contributed by atoms with Gasteiger partial charge in [0.1, 0.15) is 0 Å². The van der Waals surface area contributed by atoms with Crippen molar-refractivity contribution in [1.29, 1.82) is 0 Å². The van der Waals surface area contributed by atoms with E-state index in [0.717, 1.165) is 11.6 Å². The second kappa shape index (κ2) is 6.68. The molecule has 1 fully saturated rings. The van der Waals surface area contributed by atoms with Gasteiger partial charge in [0.25, 0.3) is 0 Å². The highest BCUT2D eigenvalue weighted by Crippen LogP contribution is 2.35. The maximum absolute atomic E-state index is 13.0. The first-order chi connectivity index (χ1) is 12.1. The molecule has 0 radical (unpaired) electrons. The zero-order valence-electron chi connectivity index (χ0n) is 14.1. The van der Waals surface area contributed by atoms with E-state index < -0.39 is 27.8 Å². The summed E-state index contributed by atoms with van der Waals surface area (Å²) in [7, 11) is -4.07. The van der Waals surface area contributed by atoms with E-state index in [9.17, 15) is 21.6 Å².